The maximum absolute atomic E-state index is 14.2. The number of rotatable bonds is 7. The molecule has 12 heteroatoms. The third-order valence-electron chi connectivity index (χ3n) is 5.77. The molecule has 1 amide bonds. The number of nitrogens with zero attached hydrogens (tertiary/aromatic N) is 4. The maximum Gasteiger partial charge on any atom is 0.276 e. The Bertz CT molecular complexity index is 1050. The Morgan fingerprint density at radius 3 is 2.55 bits per heavy atom. The lowest BCUT2D eigenvalue weighted by atomic mass is 9.88. The number of H-pyrrole nitrogens is 1. The van der Waals surface area contributed by atoms with Crippen molar-refractivity contribution < 1.29 is 26.4 Å². The van der Waals surface area contributed by atoms with Gasteiger partial charge >= 0.3 is 0 Å². The van der Waals surface area contributed by atoms with Gasteiger partial charge in [0.05, 0.1) is 6.20 Å². The molecule has 2 aromatic rings. The molecule has 0 bridgehead atoms. The average molecular weight is 459 g/mol. The Hall–Kier alpha value is -2.47. The first-order valence-corrected chi connectivity index (χ1v) is 11.3. The van der Waals surface area contributed by atoms with Gasteiger partial charge in [-0.05, 0) is 24.3 Å². The van der Waals surface area contributed by atoms with Crippen LogP contribution in [-0.4, -0.2) is 65.1 Å². The van der Waals surface area contributed by atoms with Gasteiger partial charge in [0, 0.05) is 32.2 Å². The Kier molecular flexibility index (Phi) is 6.70. The maximum atomic E-state index is 14.2. The molecule has 8 nitrogen and oxygen atoms in total. The highest BCUT2D eigenvalue weighted by Gasteiger charge is 2.42. The number of hydrogen-bond acceptors (Lipinski definition) is 5. The van der Waals surface area contributed by atoms with Crippen LogP contribution >= 0.6 is 0 Å². The quantitative estimate of drug-likeness (QED) is 0.641. The van der Waals surface area contributed by atoms with Gasteiger partial charge in [-0.2, -0.15) is 19.7 Å². The van der Waals surface area contributed by atoms with Crippen LogP contribution in [0.5, 0.6) is 0 Å². The largest absolute Gasteiger partial charge is 0.337 e. The van der Waals surface area contributed by atoms with Crippen LogP contribution in [0, 0.1) is 29.3 Å². The zero-order chi connectivity index (χ0) is 22.9. The normalized spacial score (nSPS) is 20.4. The summed E-state index contributed by atoms with van der Waals surface area (Å²) in [5, 5.41) is 9.80. The predicted octanol–water partition coefficient (Wildman–Crippen LogP) is 2.42. The number of halogens is 3. The van der Waals surface area contributed by atoms with E-state index in [4.69, 9.17) is 0 Å². The van der Waals surface area contributed by atoms with E-state index in [-0.39, 0.29) is 36.0 Å². The molecule has 2 heterocycles. The van der Waals surface area contributed by atoms with Gasteiger partial charge in [0.15, 0.2) is 17.3 Å². The molecule has 1 N–H and O–H groups in total. The molecule has 1 aliphatic heterocycles. The number of carbonyl (C=O) groups excluding carboxylic acids is 1. The van der Waals surface area contributed by atoms with E-state index in [1.807, 2.05) is 13.8 Å². The van der Waals surface area contributed by atoms with Gasteiger partial charge in [-0.3, -0.25) is 4.79 Å². The van der Waals surface area contributed by atoms with Crippen LogP contribution in [0.2, 0.25) is 0 Å². The summed E-state index contributed by atoms with van der Waals surface area (Å²) in [6.07, 6.45) is 2.39. The summed E-state index contributed by atoms with van der Waals surface area (Å²) in [5.41, 5.74) is 0.157. The van der Waals surface area contributed by atoms with E-state index in [1.54, 1.807) is 4.90 Å². The number of nitrogens with one attached hydrogen (secondary N) is 1. The Morgan fingerprint density at radius 2 is 1.94 bits per heavy atom. The number of likely N-dealkylation sites (tertiary alicyclic amines) is 1. The molecule has 31 heavy (non-hydrogen) atoms. The summed E-state index contributed by atoms with van der Waals surface area (Å²) in [6, 6.07) is 0.00644. The number of carbonyl (C=O) groups is 1. The molecule has 0 spiro atoms. The van der Waals surface area contributed by atoms with Gasteiger partial charge in [0.25, 0.3) is 5.91 Å². The van der Waals surface area contributed by atoms with Crippen molar-refractivity contribution in [2.24, 2.45) is 11.8 Å². The fraction of sp³-hybridized carbons (Fsp3) is 0.526. The van der Waals surface area contributed by atoms with Crippen LogP contribution in [0.1, 0.15) is 37.2 Å². The molecule has 0 aliphatic carbocycles. The molecule has 1 aromatic carbocycles. The van der Waals surface area contributed by atoms with E-state index in [0.29, 0.717) is 25.5 Å². The lowest BCUT2D eigenvalue weighted by molar-refractivity contribution is 0.0774. The fourth-order valence-corrected chi connectivity index (χ4v) is 5.61. The molecular weight excluding hydrogens is 435 g/mol. The first-order valence-electron chi connectivity index (χ1n) is 9.85. The van der Waals surface area contributed by atoms with Gasteiger partial charge in [0.2, 0.25) is 10.0 Å². The van der Waals surface area contributed by atoms with Crippen LogP contribution in [0.15, 0.2) is 23.2 Å². The second-order valence-corrected chi connectivity index (χ2v) is 9.75. The highest BCUT2D eigenvalue weighted by Crippen LogP contribution is 2.34. The SMILES string of the molecule is CCC[C@H]([C@H]1CN(C(=O)c2cn[nH]n2)C[C@H]1C)N(C)S(=O)(=O)c1cc(F)c(F)cc1F. The fourth-order valence-electron chi connectivity index (χ4n) is 4.12. The minimum atomic E-state index is -4.45. The van der Waals surface area contributed by atoms with Gasteiger partial charge in [-0.1, -0.05) is 20.3 Å². The average Bonchev–Trinajstić information content (AvgIpc) is 3.38. The molecule has 1 fully saturated rings. The van der Waals surface area contributed by atoms with E-state index in [2.05, 4.69) is 15.4 Å². The van der Waals surface area contributed by atoms with Gasteiger partial charge in [-0.15, -0.1) is 0 Å². The number of benzene rings is 1. The van der Waals surface area contributed by atoms with Crippen molar-refractivity contribution in [3.05, 3.63) is 41.5 Å². The van der Waals surface area contributed by atoms with Gasteiger partial charge in [-0.25, -0.2) is 21.6 Å². The summed E-state index contributed by atoms with van der Waals surface area (Å²) in [4.78, 5) is 13.3. The topological polar surface area (TPSA) is 99.3 Å². The summed E-state index contributed by atoms with van der Waals surface area (Å²) in [6.45, 7) is 4.45. The van der Waals surface area contributed by atoms with Crippen molar-refractivity contribution in [2.75, 3.05) is 20.1 Å². The smallest absolute Gasteiger partial charge is 0.276 e. The molecule has 1 aromatic heterocycles. The standard InChI is InChI=1S/C19H24F3N5O3S/c1-4-5-17(12-10-27(9-11(12)2)19(28)16-8-23-25-24-16)26(3)31(29,30)18-7-14(21)13(20)6-15(18)22/h6-8,11-12,17H,4-5,9-10H2,1-3H3,(H,23,24,25)/t11-,12+,17-/m1/s1. The number of aromatic amines is 1. The number of aromatic nitrogens is 3. The van der Waals surface area contributed by atoms with Crippen molar-refractivity contribution in [2.45, 2.75) is 37.6 Å². The molecule has 0 unspecified atom stereocenters. The van der Waals surface area contributed by atoms with E-state index in [9.17, 15) is 26.4 Å². The molecular formula is C19H24F3N5O3S. The minimum absolute atomic E-state index is 0.0557. The lowest BCUT2D eigenvalue weighted by Crippen LogP contribution is -2.44. The third-order valence-corrected chi connectivity index (χ3v) is 7.67. The second kappa shape index (κ2) is 8.95. The molecule has 3 atom stereocenters. The van der Waals surface area contributed by atoms with E-state index >= 15 is 0 Å². The van der Waals surface area contributed by atoms with Crippen molar-refractivity contribution in [1.29, 1.82) is 0 Å². The van der Waals surface area contributed by atoms with E-state index in [1.165, 1.54) is 13.2 Å². The van der Waals surface area contributed by atoms with Crippen LogP contribution in [0.4, 0.5) is 13.2 Å². The summed E-state index contributed by atoms with van der Waals surface area (Å²) >= 11 is 0. The van der Waals surface area contributed by atoms with E-state index in [0.717, 1.165) is 4.31 Å². The predicted molar refractivity (Wildman–Crippen MR) is 105 cm³/mol. The Morgan fingerprint density at radius 1 is 1.26 bits per heavy atom. The molecule has 1 saturated heterocycles. The summed E-state index contributed by atoms with van der Waals surface area (Å²) in [7, 11) is -3.15. The summed E-state index contributed by atoms with van der Waals surface area (Å²) in [5.74, 6) is -4.89. The van der Waals surface area contributed by atoms with Crippen molar-refractivity contribution in [3.63, 3.8) is 0 Å². The zero-order valence-electron chi connectivity index (χ0n) is 17.3. The molecule has 3 rings (SSSR count). The molecule has 0 saturated carbocycles. The van der Waals surface area contributed by atoms with Crippen LogP contribution < -0.4 is 0 Å². The minimum Gasteiger partial charge on any atom is -0.337 e. The number of amides is 1. The highest BCUT2D eigenvalue weighted by atomic mass is 32.2. The molecule has 1 aliphatic rings. The van der Waals surface area contributed by atoms with Crippen LogP contribution in [-0.2, 0) is 10.0 Å². The lowest BCUT2D eigenvalue weighted by Gasteiger charge is -2.33. The zero-order valence-corrected chi connectivity index (χ0v) is 18.2. The Balaban J connectivity index is 1.89. The van der Waals surface area contributed by atoms with Crippen LogP contribution in [0.3, 0.4) is 0 Å². The first kappa shape index (κ1) is 23.2. The molecule has 0 radical (unpaired) electrons. The second-order valence-electron chi connectivity index (χ2n) is 7.78. The summed E-state index contributed by atoms with van der Waals surface area (Å²) < 4.78 is 68.4. The Labute approximate surface area is 178 Å². The van der Waals surface area contributed by atoms with Gasteiger partial charge < -0.3 is 4.90 Å². The molecule has 170 valence electrons. The number of hydrogen-bond donors (Lipinski definition) is 1. The number of sulfonamides is 1. The van der Waals surface area contributed by atoms with Crippen molar-refractivity contribution >= 4 is 15.9 Å². The van der Waals surface area contributed by atoms with Crippen molar-refractivity contribution in [3.8, 4) is 0 Å². The van der Waals surface area contributed by atoms with E-state index < -0.39 is 38.4 Å². The van der Waals surface area contributed by atoms with Gasteiger partial charge in [0.1, 0.15) is 10.7 Å². The van der Waals surface area contributed by atoms with Crippen molar-refractivity contribution in [1.82, 2.24) is 24.6 Å². The highest BCUT2D eigenvalue weighted by molar-refractivity contribution is 7.89. The third kappa shape index (κ3) is 4.45. The first-order chi connectivity index (χ1) is 14.6. The monoisotopic (exact) mass is 459 g/mol. The van der Waals surface area contributed by atoms with Crippen LogP contribution in [0.25, 0.3) is 0 Å².